The summed E-state index contributed by atoms with van der Waals surface area (Å²) in [6.07, 6.45) is 6.90. The van der Waals surface area contributed by atoms with E-state index in [1.54, 1.807) is 17.5 Å². The van der Waals surface area contributed by atoms with Gasteiger partial charge in [0.15, 0.2) is 6.61 Å². The van der Waals surface area contributed by atoms with Gasteiger partial charge < -0.3 is 15.0 Å². The third-order valence-corrected chi connectivity index (χ3v) is 5.93. The second kappa shape index (κ2) is 8.47. The highest BCUT2D eigenvalue weighted by atomic mass is 32.1. The van der Waals surface area contributed by atoms with Crippen LogP contribution in [0.5, 0.6) is 0 Å². The maximum Gasteiger partial charge on any atom is 0.325 e. The van der Waals surface area contributed by atoms with E-state index in [1.807, 2.05) is 4.90 Å². The molecule has 0 unspecified atom stereocenters. The van der Waals surface area contributed by atoms with Crippen LogP contribution in [0.4, 0.5) is 0 Å². The van der Waals surface area contributed by atoms with Crippen molar-refractivity contribution in [2.24, 2.45) is 5.92 Å². The number of esters is 1. The van der Waals surface area contributed by atoms with Crippen LogP contribution in [-0.4, -0.2) is 48.4 Å². The molecule has 1 saturated carbocycles. The van der Waals surface area contributed by atoms with Crippen molar-refractivity contribution >= 4 is 29.1 Å². The molecule has 0 aromatic carbocycles. The fourth-order valence-corrected chi connectivity index (χ4v) is 4.50. The predicted molar refractivity (Wildman–Crippen MR) is 94.3 cm³/mol. The Balaban J connectivity index is 1.42. The highest BCUT2D eigenvalue weighted by Gasteiger charge is 2.35. The summed E-state index contributed by atoms with van der Waals surface area (Å²) in [6.45, 7) is 0.291. The third kappa shape index (κ3) is 4.60. The van der Waals surface area contributed by atoms with Gasteiger partial charge in [0.25, 0.3) is 11.8 Å². The van der Waals surface area contributed by atoms with Gasteiger partial charge in [0.05, 0.1) is 4.88 Å². The van der Waals surface area contributed by atoms with E-state index in [0.29, 0.717) is 16.8 Å². The summed E-state index contributed by atoms with van der Waals surface area (Å²) in [6, 6.07) is 3.77. The minimum absolute atomic E-state index is 0.116. The fourth-order valence-electron chi connectivity index (χ4n) is 3.86. The van der Waals surface area contributed by atoms with Gasteiger partial charge in [-0.05, 0) is 43.0 Å². The number of nitrogens with one attached hydrogen (secondary N) is 1. The number of likely N-dealkylation sites (tertiary alicyclic amines) is 1. The molecule has 1 aliphatic carbocycles. The van der Waals surface area contributed by atoms with Crippen LogP contribution in [0.25, 0.3) is 0 Å². The van der Waals surface area contributed by atoms with Gasteiger partial charge in [-0.15, -0.1) is 11.3 Å². The van der Waals surface area contributed by atoms with Crippen molar-refractivity contribution in [3.05, 3.63) is 22.4 Å². The number of piperidine rings is 1. The highest BCUT2D eigenvalue weighted by Crippen LogP contribution is 2.35. The number of hydrogen-bond acceptors (Lipinski definition) is 5. The molecule has 2 atom stereocenters. The zero-order valence-electron chi connectivity index (χ0n) is 14.2. The zero-order chi connectivity index (χ0) is 17.6. The first-order valence-electron chi connectivity index (χ1n) is 8.92. The number of nitrogens with zero attached hydrogens (tertiary/aromatic N) is 1. The van der Waals surface area contributed by atoms with Crippen molar-refractivity contribution in [3.8, 4) is 0 Å². The first kappa shape index (κ1) is 17.9. The topological polar surface area (TPSA) is 75.7 Å². The van der Waals surface area contributed by atoms with E-state index < -0.39 is 5.97 Å². The largest absolute Gasteiger partial charge is 0.454 e. The molecular formula is C18H24N2O4S. The summed E-state index contributed by atoms with van der Waals surface area (Å²) in [5.41, 5.74) is 0. The summed E-state index contributed by atoms with van der Waals surface area (Å²) in [5.74, 6) is -0.406. The molecule has 2 aliphatic rings. The molecule has 1 aromatic rings. The molecule has 7 heteroatoms. The Labute approximate surface area is 151 Å². The van der Waals surface area contributed by atoms with Crippen molar-refractivity contribution in [3.63, 3.8) is 0 Å². The van der Waals surface area contributed by atoms with E-state index in [1.165, 1.54) is 37.0 Å². The number of ether oxygens (including phenoxy) is 1. The number of fused-ring (bicyclic) bond motifs is 1. The van der Waals surface area contributed by atoms with Gasteiger partial charge in [0.2, 0.25) is 0 Å². The van der Waals surface area contributed by atoms with Crippen LogP contribution in [0.3, 0.4) is 0 Å². The second-order valence-electron chi connectivity index (χ2n) is 6.66. The van der Waals surface area contributed by atoms with Gasteiger partial charge in [0, 0.05) is 12.6 Å². The van der Waals surface area contributed by atoms with Gasteiger partial charge in [-0.2, -0.15) is 0 Å². The van der Waals surface area contributed by atoms with Crippen LogP contribution in [0.15, 0.2) is 17.5 Å². The first-order chi connectivity index (χ1) is 12.1. The Bertz CT molecular complexity index is 615. The van der Waals surface area contributed by atoms with E-state index in [0.717, 1.165) is 19.4 Å². The molecule has 2 heterocycles. The van der Waals surface area contributed by atoms with Crippen molar-refractivity contribution in [1.29, 1.82) is 0 Å². The number of carbonyl (C=O) groups excluding carboxylic acids is 3. The molecular weight excluding hydrogens is 340 g/mol. The number of rotatable bonds is 5. The maximum atomic E-state index is 12.4. The van der Waals surface area contributed by atoms with Gasteiger partial charge in [-0.3, -0.25) is 14.4 Å². The van der Waals surface area contributed by atoms with Crippen molar-refractivity contribution in [2.45, 2.75) is 44.6 Å². The summed E-state index contributed by atoms with van der Waals surface area (Å²) in [4.78, 5) is 38.4. The number of hydrogen-bond donors (Lipinski definition) is 1. The summed E-state index contributed by atoms with van der Waals surface area (Å²) >= 11 is 1.31. The molecule has 1 aromatic heterocycles. The van der Waals surface area contributed by atoms with Crippen LogP contribution < -0.4 is 5.32 Å². The van der Waals surface area contributed by atoms with Crippen LogP contribution >= 0.6 is 11.3 Å². The van der Waals surface area contributed by atoms with Gasteiger partial charge in [-0.25, -0.2) is 0 Å². The number of carbonyl (C=O) groups is 3. The second-order valence-corrected chi connectivity index (χ2v) is 7.61. The van der Waals surface area contributed by atoms with Crippen LogP contribution in [-0.2, 0) is 14.3 Å². The molecule has 1 aliphatic heterocycles. The lowest BCUT2D eigenvalue weighted by molar-refractivity contribution is -0.154. The molecule has 6 nitrogen and oxygen atoms in total. The van der Waals surface area contributed by atoms with E-state index >= 15 is 0 Å². The first-order valence-corrected chi connectivity index (χ1v) is 9.80. The monoisotopic (exact) mass is 364 g/mol. The average molecular weight is 364 g/mol. The lowest BCUT2D eigenvalue weighted by atomic mass is 9.78. The summed E-state index contributed by atoms with van der Waals surface area (Å²) in [7, 11) is 0. The van der Waals surface area contributed by atoms with Crippen LogP contribution in [0, 0.1) is 5.92 Å². The minimum Gasteiger partial charge on any atom is -0.454 e. The van der Waals surface area contributed by atoms with Gasteiger partial charge in [0.1, 0.15) is 6.54 Å². The van der Waals surface area contributed by atoms with Crippen molar-refractivity contribution in [1.82, 2.24) is 10.2 Å². The van der Waals surface area contributed by atoms with Crippen LogP contribution in [0.1, 0.15) is 48.2 Å². The molecule has 1 saturated heterocycles. The smallest absolute Gasteiger partial charge is 0.325 e. The molecule has 3 rings (SSSR count). The Hall–Kier alpha value is -1.89. The molecule has 2 fully saturated rings. The minimum atomic E-state index is -0.588. The average Bonchev–Trinajstić information content (AvgIpc) is 3.18. The maximum absolute atomic E-state index is 12.4. The number of amides is 2. The molecule has 1 N–H and O–H groups in total. The number of thiophene rings is 1. The van der Waals surface area contributed by atoms with Crippen LogP contribution in [0.2, 0.25) is 0 Å². The highest BCUT2D eigenvalue weighted by molar-refractivity contribution is 7.12. The van der Waals surface area contributed by atoms with E-state index in [-0.39, 0.29) is 25.0 Å². The molecule has 2 amide bonds. The van der Waals surface area contributed by atoms with Gasteiger partial charge in [-0.1, -0.05) is 18.9 Å². The Kier molecular flexibility index (Phi) is 6.07. The Morgan fingerprint density at radius 3 is 2.80 bits per heavy atom. The van der Waals surface area contributed by atoms with E-state index in [9.17, 15) is 14.4 Å². The molecule has 0 spiro atoms. The summed E-state index contributed by atoms with van der Waals surface area (Å²) in [5, 5.41) is 4.30. The van der Waals surface area contributed by atoms with Crippen molar-refractivity contribution in [2.75, 3.05) is 19.7 Å². The lowest BCUT2D eigenvalue weighted by Gasteiger charge is -2.44. The molecule has 0 radical (unpaired) electrons. The Morgan fingerprint density at radius 1 is 1.20 bits per heavy atom. The van der Waals surface area contributed by atoms with E-state index in [2.05, 4.69) is 5.32 Å². The van der Waals surface area contributed by atoms with Crippen molar-refractivity contribution < 1.29 is 19.1 Å². The fraction of sp³-hybridized carbons (Fsp3) is 0.611. The molecule has 25 heavy (non-hydrogen) atoms. The standard InChI is InChI=1S/C18H24N2O4S/c21-16(20-9-3-6-13-5-1-2-7-14(13)20)12-24-17(22)11-19-18(23)15-8-4-10-25-15/h4,8,10,13-14H,1-3,5-7,9,11-12H2,(H,19,23)/t13-,14+/m0/s1. The van der Waals surface area contributed by atoms with Gasteiger partial charge >= 0.3 is 5.97 Å². The SMILES string of the molecule is O=C(CNC(=O)c1cccs1)OCC(=O)N1CCC[C@@H]2CCCC[C@H]21. The Morgan fingerprint density at radius 2 is 2.00 bits per heavy atom. The quantitative estimate of drug-likeness (QED) is 0.813. The molecule has 0 bridgehead atoms. The third-order valence-electron chi connectivity index (χ3n) is 5.06. The summed E-state index contributed by atoms with van der Waals surface area (Å²) < 4.78 is 5.06. The zero-order valence-corrected chi connectivity index (χ0v) is 15.1. The van der Waals surface area contributed by atoms with E-state index in [4.69, 9.17) is 4.74 Å². The predicted octanol–water partition coefficient (Wildman–Crippen LogP) is 2.20. The lowest BCUT2D eigenvalue weighted by Crippen LogP contribution is -2.51. The molecule has 136 valence electrons. The normalized spacial score (nSPS) is 22.8.